The fraction of sp³-hybridized carbons (Fsp3) is 0.231. The summed E-state index contributed by atoms with van der Waals surface area (Å²) in [6.07, 6.45) is 1.01. The van der Waals surface area contributed by atoms with Gasteiger partial charge in [-0.15, -0.1) is 0 Å². The zero-order valence-electron chi connectivity index (χ0n) is 19.9. The number of benzene rings is 2. The molecule has 4 aromatic rings. The van der Waals surface area contributed by atoms with Gasteiger partial charge in [-0.2, -0.15) is 4.98 Å². The number of ether oxygens (including phenoxy) is 2. The number of aromatic nitrogens is 4. The van der Waals surface area contributed by atoms with Crippen LogP contribution in [0.2, 0.25) is 0 Å². The van der Waals surface area contributed by atoms with Gasteiger partial charge in [-0.25, -0.2) is 4.98 Å². The van der Waals surface area contributed by atoms with Crippen molar-refractivity contribution in [3.05, 3.63) is 82.4 Å². The van der Waals surface area contributed by atoms with E-state index in [1.165, 1.54) is 10.9 Å². The van der Waals surface area contributed by atoms with Crippen molar-refractivity contribution >= 4 is 34.7 Å². The van der Waals surface area contributed by atoms with Gasteiger partial charge in [-0.05, 0) is 29.3 Å². The monoisotopic (exact) mass is 503 g/mol. The molecule has 1 aliphatic heterocycles. The number of hydrogen-bond donors (Lipinski definition) is 4. The van der Waals surface area contributed by atoms with Crippen LogP contribution in [0.1, 0.15) is 23.8 Å². The van der Waals surface area contributed by atoms with Crippen molar-refractivity contribution in [2.75, 3.05) is 19.0 Å². The molecule has 37 heavy (non-hydrogen) atoms. The van der Waals surface area contributed by atoms with Crippen molar-refractivity contribution in [2.24, 2.45) is 0 Å². The van der Waals surface area contributed by atoms with Crippen molar-refractivity contribution in [2.45, 2.75) is 24.9 Å². The third-order valence-electron chi connectivity index (χ3n) is 6.11. The number of rotatable bonds is 7. The maximum atomic E-state index is 13.4. The lowest BCUT2D eigenvalue weighted by Crippen LogP contribution is -2.24. The van der Waals surface area contributed by atoms with Crippen LogP contribution in [0.4, 0.5) is 5.95 Å². The van der Waals surface area contributed by atoms with Gasteiger partial charge in [0.25, 0.3) is 11.5 Å². The Labute approximate surface area is 211 Å². The number of hydrogen-bond acceptors (Lipinski definition) is 8. The molecular formula is C26H25N5O6. The predicted molar refractivity (Wildman–Crippen MR) is 136 cm³/mol. The number of fused-ring (bicyclic) bond motifs is 1. The third-order valence-corrected chi connectivity index (χ3v) is 6.11. The highest BCUT2D eigenvalue weighted by Gasteiger charge is 2.35. The molecule has 0 aliphatic carbocycles. The fourth-order valence-electron chi connectivity index (χ4n) is 4.19. The van der Waals surface area contributed by atoms with Gasteiger partial charge in [0.05, 0.1) is 26.1 Å². The minimum absolute atomic E-state index is 0.0561. The Morgan fingerprint density at radius 1 is 1.24 bits per heavy atom. The number of carbonyl (C=O) groups is 1. The zero-order valence-corrected chi connectivity index (χ0v) is 19.9. The van der Waals surface area contributed by atoms with Gasteiger partial charge in [0.2, 0.25) is 5.95 Å². The highest BCUT2D eigenvalue weighted by atomic mass is 16.5. The fourth-order valence-corrected chi connectivity index (χ4v) is 4.19. The van der Waals surface area contributed by atoms with E-state index in [9.17, 15) is 19.8 Å². The van der Waals surface area contributed by atoms with Crippen LogP contribution in [-0.4, -0.2) is 61.6 Å². The molecule has 0 spiro atoms. The average Bonchev–Trinajstić information content (AvgIpc) is 3.51. The lowest BCUT2D eigenvalue weighted by Gasteiger charge is -2.14. The molecular weight excluding hydrogens is 478 g/mol. The second kappa shape index (κ2) is 10.3. The van der Waals surface area contributed by atoms with Crippen LogP contribution in [0.5, 0.6) is 5.75 Å². The van der Waals surface area contributed by atoms with E-state index in [1.807, 2.05) is 42.5 Å². The number of imidazole rings is 1. The first kappa shape index (κ1) is 24.4. The van der Waals surface area contributed by atoms with Crippen molar-refractivity contribution < 1.29 is 24.5 Å². The van der Waals surface area contributed by atoms with Crippen LogP contribution in [0.15, 0.2) is 65.7 Å². The summed E-state index contributed by atoms with van der Waals surface area (Å²) in [4.78, 5) is 37.2. The first-order valence-corrected chi connectivity index (χ1v) is 11.6. The molecule has 0 unspecified atom stereocenters. The summed E-state index contributed by atoms with van der Waals surface area (Å²) >= 11 is 0. The summed E-state index contributed by atoms with van der Waals surface area (Å²) in [7, 11) is 1.58. The smallest absolute Gasteiger partial charge is 0.280 e. The lowest BCUT2D eigenvalue weighted by molar-refractivity contribution is -0.111. The van der Waals surface area contributed by atoms with E-state index in [0.717, 1.165) is 5.56 Å². The molecule has 0 saturated carbocycles. The van der Waals surface area contributed by atoms with E-state index < -0.39 is 29.9 Å². The molecule has 1 aliphatic rings. The summed E-state index contributed by atoms with van der Waals surface area (Å²) in [5.41, 5.74) is 1.50. The number of carbonyl (C=O) groups excluding carboxylic acids is 1. The maximum Gasteiger partial charge on any atom is 0.280 e. The van der Waals surface area contributed by atoms with Crippen LogP contribution in [0.25, 0.3) is 22.8 Å². The van der Waals surface area contributed by atoms with Gasteiger partial charge in [0.15, 0.2) is 11.2 Å². The minimum atomic E-state index is -0.870. The average molecular weight is 504 g/mol. The molecule has 3 atom stereocenters. The van der Waals surface area contributed by atoms with Crippen molar-refractivity contribution in [1.82, 2.24) is 19.5 Å². The van der Waals surface area contributed by atoms with Gasteiger partial charge < -0.3 is 19.7 Å². The number of methoxy groups -OCH3 is 1. The van der Waals surface area contributed by atoms with Crippen molar-refractivity contribution in [3.8, 4) is 5.75 Å². The summed E-state index contributed by atoms with van der Waals surface area (Å²) in [5, 5.41) is 22.2. The second-order valence-corrected chi connectivity index (χ2v) is 8.50. The molecule has 11 nitrogen and oxygen atoms in total. The molecule has 4 N–H and O–H groups in total. The Bertz CT molecular complexity index is 1500. The number of nitrogens with zero attached hydrogens (tertiary/aromatic N) is 3. The SMILES string of the molecule is COc1ccc(/C=C(/C(=O)Nc2nc3c(ncn3[C@H]3C[C@H](O)[C@@H](CO)O3)c(=O)[nH]2)c2ccccc2)cc1. The Kier molecular flexibility index (Phi) is 6.82. The second-order valence-electron chi connectivity index (χ2n) is 8.50. The number of nitrogens with one attached hydrogen (secondary N) is 2. The summed E-state index contributed by atoms with van der Waals surface area (Å²) in [5.74, 6) is 0.139. The first-order valence-electron chi connectivity index (χ1n) is 11.6. The lowest BCUT2D eigenvalue weighted by atomic mass is 10.0. The summed E-state index contributed by atoms with van der Waals surface area (Å²) in [6.45, 7) is -0.345. The van der Waals surface area contributed by atoms with Crippen LogP contribution in [0, 0.1) is 0 Å². The molecule has 3 heterocycles. The maximum absolute atomic E-state index is 13.4. The van der Waals surface area contributed by atoms with Crippen LogP contribution >= 0.6 is 0 Å². The van der Waals surface area contributed by atoms with Crippen LogP contribution < -0.4 is 15.6 Å². The van der Waals surface area contributed by atoms with Crippen LogP contribution in [-0.2, 0) is 9.53 Å². The Hall–Kier alpha value is -4.32. The number of amides is 1. The number of anilines is 1. The molecule has 1 saturated heterocycles. The molecule has 5 rings (SSSR count). The number of H-pyrrole nitrogens is 1. The van der Waals surface area contributed by atoms with Gasteiger partial charge >= 0.3 is 0 Å². The molecule has 0 bridgehead atoms. The topological polar surface area (TPSA) is 152 Å². The van der Waals surface area contributed by atoms with E-state index in [2.05, 4.69) is 20.3 Å². The van der Waals surface area contributed by atoms with Gasteiger partial charge in [0, 0.05) is 12.0 Å². The third kappa shape index (κ3) is 5.00. The van der Waals surface area contributed by atoms with Crippen molar-refractivity contribution in [3.63, 3.8) is 0 Å². The van der Waals surface area contributed by atoms with E-state index in [4.69, 9.17) is 9.47 Å². The molecule has 1 amide bonds. The van der Waals surface area contributed by atoms with Gasteiger partial charge in [-0.1, -0.05) is 42.5 Å². The van der Waals surface area contributed by atoms with E-state index >= 15 is 0 Å². The molecule has 11 heteroatoms. The molecule has 1 fully saturated rings. The quantitative estimate of drug-likeness (QED) is 0.221. The summed E-state index contributed by atoms with van der Waals surface area (Å²) in [6, 6.07) is 16.4. The van der Waals surface area contributed by atoms with Crippen molar-refractivity contribution in [1.29, 1.82) is 0 Å². The zero-order chi connectivity index (χ0) is 25.9. The number of aromatic amines is 1. The van der Waals surface area contributed by atoms with Gasteiger partial charge in [0.1, 0.15) is 18.1 Å². The largest absolute Gasteiger partial charge is 0.497 e. The standard InChI is InChI=1S/C26H25N5O6/c1-36-17-9-7-15(8-10-17)11-18(16-5-3-2-4-6-16)24(34)29-26-28-23-22(25(35)30-26)27-14-31(23)21-12-19(33)20(13-32)37-21/h2-11,14,19-21,32-33H,12-13H2,1H3,(H2,28,29,30,34,35)/b18-11+/t19-,20+,21+/m0/s1. The van der Waals surface area contributed by atoms with E-state index in [-0.39, 0.29) is 30.1 Å². The normalized spacial score (nSPS) is 19.8. The molecule has 2 aromatic carbocycles. The van der Waals surface area contributed by atoms with Gasteiger partial charge in [-0.3, -0.25) is 24.5 Å². The highest BCUT2D eigenvalue weighted by molar-refractivity contribution is 6.28. The molecule has 190 valence electrons. The highest BCUT2D eigenvalue weighted by Crippen LogP contribution is 2.30. The Balaban J connectivity index is 1.48. The predicted octanol–water partition coefficient (Wildman–Crippen LogP) is 1.95. The molecule has 0 radical (unpaired) electrons. The molecule has 2 aromatic heterocycles. The number of aliphatic hydroxyl groups excluding tert-OH is 2. The van der Waals surface area contributed by atoms with Crippen LogP contribution in [0.3, 0.4) is 0 Å². The van der Waals surface area contributed by atoms with E-state index in [1.54, 1.807) is 25.3 Å². The Morgan fingerprint density at radius 2 is 2.00 bits per heavy atom. The number of aliphatic hydroxyl groups is 2. The summed E-state index contributed by atoms with van der Waals surface area (Å²) < 4.78 is 12.4. The Morgan fingerprint density at radius 3 is 2.68 bits per heavy atom. The van der Waals surface area contributed by atoms with E-state index in [0.29, 0.717) is 16.9 Å². The minimum Gasteiger partial charge on any atom is -0.497 e. The first-order chi connectivity index (χ1) is 18.0.